The minimum Gasteiger partial charge on any atom is -0.298 e. The molecule has 18 heavy (non-hydrogen) atoms. The third kappa shape index (κ3) is 2.77. The van der Waals surface area contributed by atoms with E-state index in [1.807, 2.05) is 0 Å². The van der Waals surface area contributed by atoms with E-state index in [1.54, 1.807) is 0 Å². The zero-order valence-electron chi connectivity index (χ0n) is 8.49. The zero-order chi connectivity index (χ0) is 14.1. The minimum atomic E-state index is -5.29. The highest BCUT2D eigenvalue weighted by molar-refractivity contribution is 6.17. The molecule has 1 nitrogen and oxygen atoms in total. The van der Waals surface area contributed by atoms with Crippen molar-refractivity contribution < 1.29 is 31.1 Å². The summed E-state index contributed by atoms with van der Waals surface area (Å²) in [7, 11) is 0. The number of carbonyl (C=O) groups is 1. The maximum absolute atomic E-state index is 12.6. The summed E-state index contributed by atoms with van der Waals surface area (Å²) in [4.78, 5) is 10.6. The molecule has 0 atom stereocenters. The fraction of sp³-hybridized carbons (Fsp3) is 0.300. The number of alkyl halides is 7. The maximum atomic E-state index is 12.6. The van der Waals surface area contributed by atoms with Crippen molar-refractivity contribution in [3.63, 3.8) is 0 Å². The Morgan fingerprint density at radius 1 is 1.06 bits per heavy atom. The Balaban J connectivity index is 3.72. The van der Waals surface area contributed by atoms with Gasteiger partial charge in [0.1, 0.15) is 0 Å². The zero-order valence-corrected chi connectivity index (χ0v) is 9.25. The minimum absolute atomic E-state index is 0.268. The Labute approximate surface area is 102 Å². The summed E-state index contributed by atoms with van der Waals surface area (Å²) in [6.45, 7) is 0. The highest BCUT2D eigenvalue weighted by Gasteiger charge is 2.45. The Hall–Kier alpha value is -1.24. The summed E-state index contributed by atoms with van der Waals surface area (Å²) in [5.41, 5.74) is -5.27. The van der Waals surface area contributed by atoms with Crippen molar-refractivity contribution in [2.45, 2.75) is 18.2 Å². The predicted molar refractivity (Wildman–Crippen MR) is 51.4 cm³/mol. The van der Waals surface area contributed by atoms with Crippen LogP contribution < -0.4 is 0 Å². The van der Waals surface area contributed by atoms with E-state index in [4.69, 9.17) is 11.6 Å². The van der Waals surface area contributed by atoms with E-state index in [1.165, 1.54) is 0 Å². The van der Waals surface area contributed by atoms with Crippen LogP contribution in [0.25, 0.3) is 0 Å². The molecule has 0 aliphatic heterocycles. The first-order chi connectivity index (χ1) is 8.12. The SMILES string of the molecule is O=Cc1c(CCl)ccc(C(F)(F)F)c1C(F)(F)F. The molecule has 0 aliphatic carbocycles. The van der Waals surface area contributed by atoms with Crippen LogP contribution in [0.1, 0.15) is 27.0 Å². The Kier molecular flexibility index (Phi) is 3.95. The molecule has 1 aromatic rings. The Morgan fingerprint density at radius 2 is 1.61 bits per heavy atom. The molecule has 0 aliphatic rings. The maximum Gasteiger partial charge on any atom is 0.417 e. The second kappa shape index (κ2) is 4.79. The summed E-state index contributed by atoms with van der Waals surface area (Å²) >= 11 is 5.29. The molecule has 0 spiro atoms. The molecule has 0 aromatic heterocycles. The first-order valence-corrected chi connectivity index (χ1v) is 4.97. The average molecular weight is 291 g/mol. The van der Waals surface area contributed by atoms with Crippen molar-refractivity contribution in [1.82, 2.24) is 0 Å². The molecule has 0 fully saturated rings. The van der Waals surface area contributed by atoms with Gasteiger partial charge in [0.25, 0.3) is 0 Å². The summed E-state index contributed by atoms with van der Waals surface area (Å²) in [6, 6.07) is 1.03. The second-order valence-corrected chi connectivity index (χ2v) is 3.58. The van der Waals surface area contributed by atoms with Gasteiger partial charge in [0, 0.05) is 11.4 Å². The van der Waals surface area contributed by atoms with Crippen LogP contribution in [-0.2, 0) is 18.2 Å². The molecule has 0 N–H and O–H groups in total. The summed E-state index contributed by atoms with van der Waals surface area (Å²) < 4.78 is 75.4. The van der Waals surface area contributed by atoms with Gasteiger partial charge in [-0.05, 0) is 11.6 Å². The van der Waals surface area contributed by atoms with E-state index in [-0.39, 0.29) is 17.9 Å². The van der Waals surface area contributed by atoms with E-state index < -0.39 is 34.9 Å². The van der Waals surface area contributed by atoms with Crippen LogP contribution in [0.2, 0.25) is 0 Å². The van der Waals surface area contributed by atoms with Crippen molar-refractivity contribution >= 4 is 17.9 Å². The van der Waals surface area contributed by atoms with Crippen molar-refractivity contribution in [3.8, 4) is 0 Å². The highest BCUT2D eigenvalue weighted by Crippen LogP contribution is 2.42. The molecule has 0 amide bonds. The molecule has 1 aromatic carbocycles. The number of carbonyl (C=O) groups excluding carboxylic acids is 1. The molecule has 0 heterocycles. The van der Waals surface area contributed by atoms with Gasteiger partial charge in [-0.1, -0.05) is 6.07 Å². The molecule has 0 saturated heterocycles. The van der Waals surface area contributed by atoms with Gasteiger partial charge in [-0.15, -0.1) is 11.6 Å². The number of halogens is 7. The number of rotatable bonds is 2. The van der Waals surface area contributed by atoms with Crippen LogP contribution in [0, 0.1) is 0 Å². The quantitative estimate of drug-likeness (QED) is 0.451. The van der Waals surface area contributed by atoms with Gasteiger partial charge in [0.05, 0.1) is 11.1 Å². The van der Waals surface area contributed by atoms with Gasteiger partial charge in [-0.3, -0.25) is 4.79 Å². The number of hydrogen-bond donors (Lipinski definition) is 0. The summed E-state index contributed by atoms with van der Waals surface area (Å²) in [6.07, 6.45) is -10.8. The normalized spacial score (nSPS) is 12.6. The van der Waals surface area contributed by atoms with Crippen LogP contribution in [0.4, 0.5) is 26.3 Å². The number of hydrogen-bond acceptors (Lipinski definition) is 1. The fourth-order valence-corrected chi connectivity index (χ4v) is 1.69. The van der Waals surface area contributed by atoms with Crippen LogP contribution in [0.3, 0.4) is 0 Å². The lowest BCUT2D eigenvalue weighted by Crippen LogP contribution is -2.20. The van der Waals surface area contributed by atoms with E-state index >= 15 is 0 Å². The van der Waals surface area contributed by atoms with E-state index in [0.717, 1.165) is 6.07 Å². The average Bonchev–Trinajstić information content (AvgIpc) is 2.24. The molecular formula is C10H5ClF6O. The smallest absolute Gasteiger partial charge is 0.298 e. The largest absolute Gasteiger partial charge is 0.417 e. The monoisotopic (exact) mass is 290 g/mol. The first-order valence-electron chi connectivity index (χ1n) is 4.44. The van der Waals surface area contributed by atoms with Gasteiger partial charge in [-0.2, -0.15) is 26.3 Å². The van der Waals surface area contributed by atoms with Gasteiger partial charge in [-0.25, -0.2) is 0 Å². The molecule has 0 bridgehead atoms. The molecule has 8 heteroatoms. The predicted octanol–water partition coefficient (Wildman–Crippen LogP) is 4.28. The Bertz CT molecular complexity index is 463. The molecule has 0 unspecified atom stereocenters. The molecule has 1 rings (SSSR count). The second-order valence-electron chi connectivity index (χ2n) is 3.31. The summed E-state index contributed by atoms with van der Waals surface area (Å²) in [5, 5.41) is 0. The molecule has 0 saturated carbocycles. The number of benzene rings is 1. The number of aldehydes is 1. The molecular weight excluding hydrogens is 286 g/mol. The van der Waals surface area contributed by atoms with Crippen molar-refractivity contribution in [3.05, 3.63) is 34.4 Å². The van der Waals surface area contributed by atoms with Crippen molar-refractivity contribution in [2.75, 3.05) is 0 Å². The van der Waals surface area contributed by atoms with Crippen LogP contribution in [0.5, 0.6) is 0 Å². The summed E-state index contributed by atoms with van der Waals surface area (Å²) in [5.74, 6) is -0.491. The van der Waals surface area contributed by atoms with E-state index in [9.17, 15) is 31.1 Å². The van der Waals surface area contributed by atoms with Gasteiger partial charge in [0.15, 0.2) is 6.29 Å². The van der Waals surface area contributed by atoms with Crippen LogP contribution in [0.15, 0.2) is 12.1 Å². The van der Waals surface area contributed by atoms with Gasteiger partial charge in [0.2, 0.25) is 0 Å². The van der Waals surface area contributed by atoms with Crippen molar-refractivity contribution in [1.29, 1.82) is 0 Å². The van der Waals surface area contributed by atoms with Crippen molar-refractivity contribution in [2.24, 2.45) is 0 Å². The van der Waals surface area contributed by atoms with Gasteiger partial charge >= 0.3 is 12.4 Å². The van der Waals surface area contributed by atoms with Crippen LogP contribution >= 0.6 is 11.6 Å². The standard InChI is InChI=1S/C10H5ClF6O/c11-3-5-1-2-7(9(12,13)14)8(6(5)4-18)10(15,16)17/h1-2,4H,3H2. The lowest BCUT2D eigenvalue weighted by atomic mass is 9.96. The molecule has 100 valence electrons. The third-order valence-corrected chi connectivity index (χ3v) is 2.47. The Morgan fingerprint density at radius 3 is 1.94 bits per heavy atom. The van der Waals surface area contributed by atoms with E-state index in [0.29, 0.717) is 0 Å². The first kappa shape index (κ1) is 14.8. The third-order valence-electron chi connectivity index (χ3n) is 2.19. The van der Waals surface area contributed by atoms with E-state index in [2.05, 4.69) is 0 Å². The van der Waals surface area contributed by atoms with Gasteiger partial charge < -0.3 is 0 Å². The highest BCUT2D eigenvalue weighted by atomic mass is 35.5. The molecule has 0 radical (unpaired) electrons. The topological polar surface area (TPSA) is 17.1 Å². The lowest BCUT2D eigenvalue weighted by molar-refractivity contribution is -0.162. The lowest BCUT2D eigenvalue weighted by Gasteiger charge is -2.18. The fourth-order valence-electron chi connectivity index (χ4n) is 1.46. The van der Waals surface area contributed by atoms with Crippen LogP contribution in [-0.4, -0.2) is 6.29 Å².